The molecular weight excluding hydrogens is 234 g/mol. The van der Waals surface area contributed by atoms with E-state index in [4.69, 9.17) is 5.73 Å². The molecule has 1 heterocycles. The summed E-state index contributed by atoms with van der Waals surface area (Å²) < 4.78 is 0. The molecule has 0 atom stereocenters. The molecule has 0 spiro atoms. The zero-order valence-electron chi connectivity index (χ0n) is 9.31. The van der Waals surface area contributed by atoms with Crippen LogP contribution in [0, 0.1) is 0 Å². The third-order valence-electron chi connectivity index (χ3n) is 2.16. The van der Waals surface area contributed by atoms with Gasteiger partial charge in [-0.1, -0.05) is 0 Å². The number of nitrogens with two attached hydrogens (primary N) is 1. The van der Waals surface area contributed by atoms with E-state index in [0.717, 1.165) is 0 Å². The second kappa shape index (κ2) is 5.00. The number of rotatable bonds is 3. The van der Waals surface area contributed by atoms with Crippen molar-refractivity contribution in [2.75, 3.05) is 10.6 Å². The maximum Gasteiger partial charge on any atom is 0.316 e. The minimum absolute atomic E-state index is 0.273. The van der Waals surface area contributed by atoms with Crippen LogP contribution in [0.4, 0.5) is 16.3 Å². The molecule has 0 radical (unpaired) electrons. The molecule has 1 aromatic carbocycles. The van der Waals surface area contributed by atoms with Crippen LogP contribution < -0.4 is 16.4 Å². The Labute approximate surface area is 102 Å². The van der Waals surface area contributed by atoms with E-state index >= 15 is 0 Å². The lowest BCUT2D eigenvalue weighted by Crippen LogP contribution is -2.19. The summed E-state index contributed by atoms with van der Waals surface area (Å²) in [6.07, 6.45) is 1.54. The fourth-order valence-electron chi connectivity index (χ4n) is 1.37. The summed E-state index contributed by atoms with van der Waals surface area (Å²) in [6.45, 7) is 0. The number of amides is 3. The van der Waals surface area contributed by atoms with E-state index in [9.17, 15) is 9.59 Å². The number of aromatic nitrogens is 2. The van der Waals surface area contributed by atoms with Crippen molar-refractivity contribution >= 4 is 23.4 Å². The van der Waals surface area contributed by atoms with Crippen molar-refractivity contribution in [3.05, 3.63) is 42.1 Å². The van der Waals surface area contributed by atoms with Gasteiger partial charge in [-0.25, -0.2) is 4.79 Å². The molecule has 92 valence electrons. The van der Waals surface area contributed by atoms with Crippen LogP contribution in [-0.4, -0.2) is 22.1 Å². The van der Waals surface area contributed by atoms with Crippen LogP contribution >= 0.6 is 0 Å². The Morgan fingerprint density at radius 2 is 1.83 bits per heavy atom. The van der Waals surface area contributed by atoms with Crippen LogP contribution in [0.25, 0.3) is 0 Å². The van der Waals surface area contributed by atoms with E-state index in [1.54, 1.807) is 30.3 Å². The van der Waals surface area contributed by atoms with Gasteiger partial charge in [0.05, 0.1) is 6.20 Å². The predicted molar refractivity (Wildman–Crippen MR) is 66.2 cm³/mol. The van der Waals surface area contributed by atoms with Crippen LogP contribution in [0.5, 0.6) is 0 Å². The van der Waals surface area contributed by atoms with Gasteiger partial charge < -0.3 is 16.4 Å². The summed E-state index contributed by atoms with van der Waals surface area (Å²) in [6, 6.07) is 7.33. The van der Waals surface area contributed by atoms with Crippen molar-refractivity contribution in [2.45, 2.75) is 0 Å². The summed E-state index contributed by atoms with van der Waals surface area (Å²) in [4.78, 5) is 22.4. The Kier molecular flexibility index (Phi) is 3.24. The Balaban J connectivity index is 2.05. The highest BCUT2D eigenvalue weighted by molar-refractivity contribution is 6.04. The number of hydrogen-bond donors (Lipinski definition) is 4. The number of nitrogens with zero attached hydrogens (tertiary/aromatic N) is 1. The van der Waals surface area contributed by atoms with Crippen LogP contribution in [0.3, 0.4) is 0 Å². The fourth-order valence-corrected chi connectivity index (χ4v) is 1.37. The van der Waals surface area contributed by atoms with Crippen LogP contribution in [0.1, 0.15) is 10.4 Å². The Hall–Kier alpha value is -2.83. The van der Waals surface area contributed by atoms with Crippen LogP contribution in [0.15, 0.2) is 36.5 Å². The lowest BCUT2D eigenvalue weighted by atomic mass is 10.2. The minimum Gasteiger partial charge on any atom is -0.351 e. The average molecular weight is 245 g/mol. The molecule has 0 saturated carbocycles. The lowest BCUT2D eigenvalue weighted by molar-refractivity contribution is 0.102. The molecule has 7 heteroatoms. The topological polar surface area (TPSA) is 113 Å². The van der Waals surface area contributed by atoms with Crippen molar-refractivity contribution in [3.8, 4) is 0 Å². The Bertz CT molecular complexity index is 547. The van der Waals surface area contributed by atoms with Crippen molar-refractivity contribution in [3.63, 3.8) is 0 Å². The molecule has 2 aromatic rings. The molecule has 0 aliphatic heterocycles. The number of hydrogen-bond acceptors (Lipinski definition) is 3. The van der Waals surface area contributed by atoms with Crippen molar-refractivity contribution in [1.29, 1.82) is 0 Å². The van der Waals surface area contributed by atoms with Gasteiger partial charge in [0, 0.05) is 17.3 Å². The highest BCUT2D eigenvalue weighted by Crippen LogP contribution is 2.10. The van der Waals surface area contributed by atoms with Crippen molar-refractivity contribution in [2.24, 2.45) is 5.73 Å². The molecule has 0 aliphatic rings. The molecule has 0 fully saturated rings. The molecule has 2 rings (SSSR count). The number of H-pyrrole nitrogens is 1. The van der Waals surface area contributed by atoms with Gasteiger partial charge in [-0.15, -0.1) is 0 Å². The zero-order valence-corrected chi connectivity index (χ0v) is 9.31. The number of anilines is 2. The number of carbonyl (C=O) groups excluding carboxylic acids is 2. The summed E-state index contributed by atoms with van der Waals surface area (Å²) in [7, 11) is 0. The van der Waals surface area contributed by atoms with E-state index in [2.05, 4.69) is 20.8 Å². The molecule has 0 aliphatic carbocycles. The third-order valence-corrected chi connectivity index (χ3v) is 2.16. The van der Waals surface area contributed by atoms with Crippen LogP contribution in [-0.2, 0) is 0 Å². The molecule has 5 N–H and O–H groups in total. The maximum atomic E-state index is 11.8. The smallest absolute Gasteiger partial charge is 0.316 e. The Morgan fingerprint density at radius 1 is 1.11 bits per heavy atom. The number of nitrogens with one attached hydrogen (secondary N) is 3. The first-order valence-electron chi connectivity index (χ1n) is 5.12. The molecule has 0 unspecified atom stereocenters. The third kappa shape index (κ3) is 2.85. The molecular formula is C11H11N5O2. The van der Waals surface area contributed by atoms with Gasteiger partial charge in [0.25, 0.3) is 5.91 Å². The largest absolute Gasteiger partial charge is 0.351 e. The first kappa shape index (κ1) is 11.6. The second-order valence-electron chi connectivity index (χ2n) is 3.49. The van der Waals surface area contributed by atoms with Gasteiger partial charge in [0.2, 0.25) is 0 Å². The quantitative estimate of drug-likeness (QED) is 0.650. The lowest BCUT2D eigenvalue weighted by Gasteiger charge is -2.04. The van der Waals surface area contributed by atoms with Gasteiger partial charge in [-0.2, -0.15) is 5.10 Å². The molecule has 1 aromatic heterocycles. The van der Waals surface area contributed by atoms with E-state index in [0.29, 0.717) is 17.1 Å². The number of urea groups is 1. The van der Waals surface area contributed by atoms with Gasteiger partial charge in [-0.3, -0.25) is 9.89 Å². The van der Waals surface area contributed by atoms with Crippen molar-refractivity contribution in [1.82, 2.24) is 10.2 Å². The highest BCUT2D eigenvalue weighted by Gasteiger charge is 2.06. The summed E-state index contributed by atoms with van der Waals surface area (Å²) in [5.74, 6) is 0.240. The monoisotopic (exact) mass is 245 g/mol. The van der Waals surface area contributed by atoms with Gasteiger partial charge >= 0.3 is 6.03 Å². The van der Waals surface area contributed by atoms with E-state index in [1.165, 1.54) is 6.20 Å². The number of aromatic amines is 1. The van der Waals surface area contributed by atoms with E-state index < -0.39 is 6.03 Å². The number of benzene rings is 1. The SMILES string of the molecule is NC(=O)Nc1ccc(C(=O)Nc2ccn[nH]2)cc1. The summed E-state index contributed by atoms with van der Waals surface area (Å²) >= 11 is 0. The molecule has 0 saturated heterocycles. The fraction of sp³-hybridized carbons (Fsp3) is 0. The molecule has 0 bridgehead atoms. The van der Waals surface area contributed by atoms with E-state index in [-0.39, 0.29) is 5.91 Å². The van der Waals surface area contributed by atoms with Crippen LogP contribution in [0.2, 0.25) is 0 Å². The standard InChI is InChI=1S/C11H11N5O2/c12-11(18)14-8-3-1-7(2-4-8)10(17)15-9-5-6-13-16-9/h1-6H,(H3,12,14,18)(H2,13,15,16,17). The minimum atomic E-state index is -0.648. The van der Waals surface area contributed by atoms with Gasteiger partial charge in [0.1, 0.15) is 5.82 Å². The van der Waals surface area contributed by atoms with E-state index in [1.807, 2.05) is 0 Å². The van der Waals surface area contributed by atoms with Gasteiger partial charge in [-0.05, 0) is 24.3 Å². The maximum absolute atomic E-state index is 11.8. The molecule has 18 heavy (non-hydrogen) atoms. The average Bonchev–Trinajstić information content (AvgIpc) is 2.82. The first-order chi connectivity index (χ1) is 8.65. The summed E-state index contributed by atoms with van der Waals surface area (Å²) in [5.41, 5.74) is 5.96. The number of primary amides is 1. The second-order valence-corrected chi connectivity index (χ2v) is 3.49. The van der Waals surface area contributed by atoms with Gasteiger partial charge in [0.15, 0.2) is 0 Å². The predicted octanol–water partition coefficient (Wildman–Crippen LogP) is 1.15. The Morgan fingerprint density at radius 3 is 2.39 bits per heavy atom. The molecule has 7 nitrogen and oxygen atoms in total. The summed E-state index contributed by atoms with van der Waals surface area (Å²) in [5, 5.41) is 11.4. The zero-order chi connectivity index (χ0) is 13.0. The highest BCUT2D eigenvalue weighted by atomic mass is 16.2. The van der Waals surface area contributed by atoms with Crippen molar-refractivity contribution < 1.29 is 9.59 Å². The number of carbonyl (C=O) groups is 2. The molecule has 3 amide bonds. The normalized spacial score (nSPS) is 9.78. The first-order valence-corrected chi connectivity index (χ1v) is 5.12.